The normalized spacial score (nSPS) is 15.6. The largest absolute Gasteiger partial charge is 0.478 e. The second-order valence-corrected chi connectivity index (χ2v) is 7.11. The van der Waals surface area contributed by atoms with Crippen molar-refractivity contribution in [1.29, 1.82) is 0 Å². The van der Waals surface area contributed by atoms with Crippen molar-refractivity contribution in [3.8, 4) is 0 Å². The molecule has 152 valence electrons. The van der Waals surface area contributed by atoms with E-state index in [1.165, 1.54) is 24.3 Å². The van der Waals surface area contributed by atoms with Crippen LogP contribution in [0.5, 0.6) is 0 Å². The zero-order chi connectivity index (χ0) is 21.1. The Bertz CT molecular complexity index is 1310. The molecule has 0 radical (unpaired) electrons. The third-order valence-corrected chi connectivity index (χ3v) is 5.17. The molecule has 0 amide bonds. The van der Waals surface area contributed by atoms with Crippen molar-refractivity contribution in [3.63, 3.8) is 0 Å². The lowest BCUT2D eigenvalue weighted by atomic mass is 9.99. The summed E-state index contributed by atoms with van der Waals surface area (Å²) in [5.74, 6) is -0.596. The number of carboxylic acids is 1. The van der Waals surface area contributed by atoms with E-state index in [9.17, 15) is 18.0 Å². The van der Waals surface area contributed by atoms with Crippen LogP contribution in [-0.2, 0) is 12.1 Å². The Hall–Kier alpha value is -3.50. The van der Waals surface area contributed by atoms with Gasteiger partial charge in [-0.15, -0.1) is 0 Å². The Kier molecular flexibility index (Phi) is 3.86. The van der Waals surface area contributed by atoms with Gasteiger partial charge in [0.25, 0.3) is 0 Å². The summed E-state index contributed by atoms with van der Waals surface area (Å²) >= 11 is 0. The number of halogens is 3. The Balaban J connectivity index is 1.48. The minimum atomic E-state index is -4.47. The van der Waals surface area contributed by atoms with Crippen LogP contribution in [0.1, 0.15) is 27.3 Å². The summed E-state index contributed by atoms with van der Waals surface area (Å²) in [7, 11) is 0. The highest BCUT2D eigenvalue weighted by Crippen LogP contribution is 2.42. The van der Waals surface area contributed by atoms with Crippen LogP contribution in [0.3, 0.4) is 0 Å². The van der Waals surface area contributed by atoms with Crippen LogP contribution < -0.4 is 10.9 Å². The first kappa shape index (κ1) is 18.5. The predicted octanol–water partition coefficient (Wildman–Crippen LogP) is 3.22. The van der Waals surface area contributed by atoms with Gasteiger partial charge in [-0.25, -0.2) is 25.6 Å². The van der Waals surface area contributed by atoms with E-state index in [0.717, 1.165) is 10.8 Å². The molecule has 3 heterocycles. The maximum Gasteiger partial charge on any atom is 0.426 e. The molecule has 0 spiro atoms. The number of H-pyrrole nitrogens is 1. The Morgan fingerprint density at radius 2 is 1.90 bits per heavy atom. The molecule has 5 rings (SSSR count). The molecule has 1 aliphatic heterocycles. The number of carboxylic acid groups (broad SMARTS) is 1. The van der Waals surface area contributed by atoms with Gasteiger partial charge in [-0.05, 0) is 23.3 Å². The van der Waals surface area contributed by atoms with E-state index < -0.39 is 17.8 Å². The lowest BCUT2D eigenvalue weighted by Crippen LogP contribution is -2.34. The summed E-state index contributed by atoms with van der Waals surface area (Å²) in [5.41, 5.74) is 4.18. The third-order valence-electron chi connectivity index (χ3n) is 5.17. The molecule has 0 atom stereocenters. The maximum atomic E-state index is 13.3. The fourth-order valence-electron chi connectivity index (χ4n) is 3.55. The van der Waals surface area contributed by atoms with Gasteiger partial charge >= 0.3 is 12.1 Å². The fourth-order valence-corrected chi connectivity index (χ4v) is 3.55. The molecule has 0 bridgehead atoms. The summed E-state index contributed by atoms with van der Waals surface area (Å²) in [6.45, 7) is 0. The van der Waals surface area contributed by atoms with Crippen molar-refractivity contribution in [2.45, 2.75) is 18.3 Å². The minimum absolute atomic E-state index is 0.0698. The number of aromatic carboxylic acids is 1. The lowest BCUT2D eigenvalue weighted by Gasteiger charge is -2.16. The summed E-state index contributed by atoms with van der Waals surface area (Å²) < 4.78 is 39.9. The van der Waals surface area contributed by atoms with Gasteiger partial charge in [0.05, 0.1) is 5.56 Å². The van der Waals surface area contributed by atoms with Gasteiger partial charge in [0.15, 0.2) is 0 Å². The van der Waals surface area contributed by atoms with Crippen LogP contribution in [0.2, 0.25) is 0 Å². The number of carbonyl (C=O) groups is 1. The van der Waals surface area contributed by atoms with E-state index in [1.807, 2.05) is 0 Å². The summed E-state index contributed by atoms with van der Waals surface area (Å²) in [6, 6.07) is 10.9. The van der Waals surface area contributed by atoms with Gasteiger partial charge in [0.2, 0.25) is 5.66 Å². The smallest absolute Gasteiger partial charge is 0.426 e. The number of nitrogens with one attached hydrogen (secondary N) is 3. The van der Waals surface area contributed by atoms with E-state index in [1.54, 1.807) is 24.4 Å². The first-order chi connectivity index (χ1) is 14.3. The number of aromatic nitrogens is 3. The van der Waals surface area contributed by atoms with Gasteiger partial charge in [-0.1, -0.05) is 30.3 Å². The average molecular weight is 413 g/mol. The number of hydrogen-bond acceptors (Lipinski definition) is 5. The highest BCUT2D eigenvalue weighted by Gasteiger charge is 2.65. The number of hydrazine groups is 1. The molecule has 0 unspecified atom stereocenters. The number of benzene rings is 2. The second-order valence-electron chi connectivity index (χ2n) is 7.11. The lowest BCUT2D eigenvalue weighted by molar-refractivity contribution is -0.165. The molecule has 10 heteroatoms. The highest BCUT2D eigenvalue weighted by molar-refractivity contribution is 6.07. The molecule has 4 N–H and O–H groups in total. The quantitative estimate of drug-likeness (QED) is 0.381. The number of fused-ring (bicyclic) bond motifs is 3. The first-order valence-corrected chi connectivity index (χ1v) is 8.98. The predicted molar refractivity (Wildman–Crippen MR) is 102 cm³/mol. The zero-order valence-electron chi connectivity index (χ0n) is 15.2. The molecule has 7 nitrogen and oxygen atoms in total. The molecule has 4 aromatic rings. The van der Waals surface area contributed by atoms with Crippen LogP contribution in [0, 0.1) is 0 Å². The molecule has 2 aromatic heterocycles. The van der Waals surface area contributed by atoms with Crippen molar-refractivity contribution in [3.05, 3.63) is 71.2 Å². The van der Waals surface area contributed by atoms with Crippen molar-refractivity contribution in [1.82, 2.24) is 25.8 Å². The number of aromatic amines is 1. The van der Waals surface area contributed by atoms with Crippen molar-refractivity contribution < 1.29 is 23.1 Å². The van der Waals surface area contributed by atoms with Crippen LogP contribution in [-0.4, -0.2) is 32.2 Å². The number of rotatable bonds is 4. The van der Waals surface area contributed by atoms with Gasteiger partial charge in [-0.3, -0.25) is 0 Å². The average Bonchev–Trinajstić information content (AvgIpc) is 3.44. The van der Waals surface area contributed by atoms with Gasteiger partial charge < -0.3 is 10.1 Å². The molecule has 2 aromatic carbocycles. The summed E-state index contributed by atoms with van der Waals surface area (Å²) in [5, 5.41) is 10.7. The molecule has 1 fully saturated rings. The third kappa shape index (κ3) is 2.88. The minimum Gasteiger partial charge on any atom is -0.478 e. The van der Waals surface area contributed by atoms with E-state index >= 15 is 0 Å². The molecular weight excluding hydrogens is 399 g/mol. The first-order valence-electron chi connectivity index (χ1n) is 8.98. The molecule has 0 saturated carbocycles. The number of hydrogen-bond donors (Lipinski definition) is 4. The van der Waals surface area contributed by atoms with Crippen molar-refractivity contribution in [2.24, 2.45) is 0 Å². The summed E-state index contributed by atoms with van der Waals surface area (Å²) in [4.78, 5) is 23.1. The number of nitrogens with zero attached hydrogens (tertiary/aromatic N) is 2. The van der Waals surface area contributed by atoms with Crippen LogP contribution in [0.25, 0.3) is 21.9 Å². The Labute approximate surface area is 166 Å². The monoisotopic (exact) mass is 413 g/mol. The summed E-state index contributed by atoms with van der Waals surface area (Å²) in [6.07, 6.45) is -2.60. The van der Waals surface area contributed by atoms with Gasteiger partial charge in [0, 0.05) is 28.9 Å². The number of alkyl halides is 3. The van der Waals surface area contributed by atoms with Crippen molar-refractivity contribution in [2.75, 3.05) is 0 Å². The molecule has 1 aliphatic rings. The Morgan fingerprint density at radius 3 is 2.60 bits per heavy atom. The van der Waals surface area contributed by atoms with E-state index in [-0.39, 0.29) is 17.5 Å². The van der Waals surface area contributed by atoms with Gasteiger partial charge in [-0.2, -0.15) is 13.2 Å². The van der Waals surface area contributed by atoms with Gasteiger partial charge in [0.1, 0.15) is 11.5 Å². The van der Waals surface area contributed by atoms with Crippen LogP contribution >= 0.6 is 0 Å². The Morgan fingerprint density at radius 1 is 1.10 bits per heavy atom. The molecular formula is C20H14F3N5O2. The highest BCUT2D eigenvalue weighted by atomic mass is 19.4. The molecule has 1 saturated heterocycles. The zero-order valence-corrected chi connectivity index (χ0v) is 15.2. The standard InChI is InChI=1S/C20H14F3N5O2/c21-20(22,23)19(27-28-19)12-3-1-2-10(6-12)7-16-24-9-14-13-5-4-11(18(29)30)8-15(13)25-17(14)26-16/h1-6,8-9,27-28H,7H2,(H,29,30)(H,24,25,26). The second kappa shape index (κ2) is 6.25. The van der Waals surface area contributed by atoms with Crippen LogP contribution in [0.4, 0.5) is 13.2 Å². The SMILES string of the molecule is O=C(O)c1ccc2c(c1)[nH]c1nc(Cc3cccc(C4(C(F)(F)F)NN4)c3)ncc12. The van der Waals surface area contributed by atoms with Crippen LogP contribution in [0.15, 0.2) is 48.7 Å². The van der Waals surface area contributed by atoms with E-state index in [4.69, 9.17) is 5.11 Å². The maximum absolute atomic E-state index is 13.3. The van der Waals surface area contributed by atoms with E-state index in [2.05, 4.69) is 25.8 Å². The molecule has 0 aliphatic carbocycles. The molecule has 30 heavy (non-hydrogen) atoms. The van der Waals surface area contributed by atoms with Crippen molar-refractivity contribution >= 4 is 27.9 Å². The fraction of sp³-hybridized carbons (Fsp3) is 0.150. The topological polar surface area (TPSA) is 123 Å². The van der Waals surface area contributed by atoms with E-state index in [0.29, 0.717) is 22.6 Å².